The lowest BCUT2D eigenvalue weighted by Gasteiger charge is -2.01. The second-order valence-corrected chi connectivity index (χ2v) is 4.70. The largest absolute Gasteiger partial charge is 0.197 e. The molecule has 0 aliphatic carbocycles. The minimum absolute atomic E-state index is 0.778. The Morgan fingerprint density at radius 2 is 1.68 bits per heavy atom. The van der Waals surface area contributed by atoms with Crippen LogP contribution in [0.3, 0.4) is 0 Å². The topological polar surface area (TPSA) is 43.1 Å². The van der Waals surface area contributed by atoms with E-state index < -0.39 is 0 Å². The van der Waals surface area contributed by atoms with Crippen molar-refractivity contribution in [2.24, 2.45) is 0 Å². The van der Waals surface area contributed by atoms with E-state index in [2.05, 4.69) is 27.4 Å². The Hall–Kier alpha value is -1.88. The van der Waals surface area contributed by atoms with Gasteiger partial charge in [0.1, 0.15) is 5.03 Å². The number of nitrogens with zero attached hydrogens (tertiary/aromatic N) is 4. The molecule has 0 radical (unpaired) electrons. The quantitative estimate of drug-likeness (QED) is 0.714. The molecule has 2 aromatic heterocycles. The molecule has 0 aliphatic heterocycles. The van der Waals surface area contributed by atoms with Crippen LogP contribution in [0, 0.1) is 6.92 Å². The van der Waals surface area contributed by atoms with Gasteiger partial charge in [-0.15, -0.1) is 10.2 Å². The van der Waals surface area contributed by atoms with Gasteiger partial charge in [-0.1, -0.05) is 43.8 Å². The molecule has 4 nitrogen and oxygen atoms in total. The highest BCUT2D eigenvalue weighted by atomic mass is 32.2. The lowest BCUT2D eigenvalue weighted by atomic mass is 10.4. The minimum Gasteiger partial charge on any atom is -0.197 e. The van der Waals surface area contributed by atoms with E-state index in [9.17, 15) is 0 Å². The number of hydrogen-bond acceptors (Lipinski definition) is 4. The maximum absolute atomic E-state index is 4.48. The molecule has 3 aromatic rings. The van der Waals surface area contributed by atoms with Crippen molar-refractivity contribution in [1.29, 1.82) is 0 Å². The van der Waals surface area contributed by atoms with Crippen molar-refractivity contribution in [3.63, 3.8) is 0 Å². The zero-order valence-electron chi connectivity index (χ0n) is 11.2. The number of fused-ring (bicyclic) bond motifs is 1. The van der Waals surface area contributed by atoms with Crippen LogP contribution in [0.1, 0.15) is 19.7 Å². The molecule has 5 heteroatoms. The number of hydrogen-bond donors (Lipinski definition) is 0. The summed E-state index contributed by atoms with van der Waals surface area (Å²) in [5.74, 6) is 0.801. The molecular formula is C14H16N4S. The number of benzene rings is 1. The van der Waals surface area contributed by atoms with Crippen molar-refractivity contribution < 1.29 is 0 Å². The van der Waals surface area contributed by atoms with E-state index in [4.69, 9.17) is 0 Å². The van der Waals surface area contributed by atoms with Gasteiger partial charge in [0, 0.05) is 4.90 Å². The molecule has 0 saturated carbocycles. The molecule has 0 spiro atoms. The average Bonchev–Trinajstić information content (AvgIpc) is 2.84. The van der Waals surface area contributed by atoms with Crippen LogP contribution in [0.2, 0.25) is 0 Å². The fourth-order valence-corrected chi connectivity index (χ4v) is 2.34. The van der Waals surface area contributed by atoms with Crippen LogP contribution in [0.25, 0.3) is 5.65 Å². The molecule has 0 fully saturated rings. The van der Waals surface area contributed by atoms with Gasteiger partial charge in [0.2, 0.25) is 0 Å². The molecule has 0 atom stereocenters. The summed E-state index contributed by atoms with van der Waals surface area (Å²) in [6.07, 6.45) is 0. The van der Waals surface area contributed by atoms with Crippen molar-refractivity contribution >= 4 is 17.4 Å². The summed E-state index contributed by atoms with van der Waals surface area (Å²) in [5, 5.41) is 13.4. The molecular weight excluding hydrogens is 256 g/mol. The highest BCUT2D eigenvalue weighted by Gasteiger charge is 2.04. The fourth-order valence-electron chi connectivity index (χ4n) is 1.54. The van der Waals surface area contributed by atoms with Crippen LogP contribution in [0.4, 0.5) is 0 Å². The van der Waals surface area contributed by atoms with Crippen molar-refractivity contribution in [2.75, 3.05) is 0 Å². The van der Waals surface area contributed by atoms with E-state index in [0.29, 0.717) is 0 Å². The highest BCUT2D eigenvalue weighted by molar-refractivity contribution is 7.99. The summed E-state index contributed by atoms with van der Waals surface area (Å²) in [7, 11) is 0. The van der Waals surface area contributed by atoms with Gasteiger partial charge in [0.25, 0.3) is 0 Å². The fraction of sp³-hybridized carbons (Fsp3) is 0.214. The Kier molecular flexibility index (Phi) is 4.52. The predicted molar refractivity (Wildman–Crippen MR) is 77.4 cm³/mol. The van der Waals surface area contributed by atoms with Gasteiger partial charge in [-0.25, -0.2) is 0 Å². The zero-order chi connectivity index (χ0) is 13.7. The first-order chi connectivity index (χ1) is 9.33. The molecule has 2 heterocycles. The first-order valence-electron chi connectivity index (χ1n) is 6.25. The van der Waals surface area contributed by atoms with Gasteiger partial charge in [0.05, 0.1) is 0 Å². The summed E-state index contributed by atoms with van der Waals surface area (Å²) in [6.45, 7) is 5.89. The molecule has 0 saturated heterocycles. The first-order valence-corrected chi connectivity index (χ1v) is 7.06. The third-order valence-corrected chi connectivity index (χ3v) is 3.29. The summed E-state index contributed by atoms with van der Waals surface area (Å²) in [5.41, 5.74) is 0.778. The van der Waals surface area contributed by atoms with Crippen molar-refractivity contribution in [3.05, 3.63) is 48.3 Å². The predicted octanol–water partition coefficient (Wildman–Crippen LogP) is 3.61. The van der Waals surface area contributed by atoms with Gasteiger partial charge >= 0.3 is 0 Å². The van der Waals surface area contributed by atoms with Gasteiger partial charge in [-0.05, 0) is 31.2 Å². The highest BCUT2D eigenvalue weighted by Crippen LogP contribution is 2.25. The van der Waals surface area contributed by atoms with Crippen molar-refractivity contribution in [1.82, 2.24) is 19.8 Å². The molecule has 1 aromatic carbocycles. The van der Waals surface area contributed by atoms with Crippen LogP contribution < -0.4 is 0 Å². The smallest absolute Gasteiger partial charge is 0.177 e. The summed E-state index contributed by atoms with van der Waals surface area (Å²) >= 11 is 1.63. The molecule has 0 aliphatic rings. The molecule has 0 unspecified atom stereocenters. The summed E-state index contributed by atoms with van der Waals surface area (Å²) in [4.78, 5) is 1.17. The normalized spacial score (nSPS) is 10.1. The third-order valence-electron chi connectivity index (χ3n) is 2.36. The Morgan fingerprint density at radius 1 is 0.947 bits per heavy atom. The Balaban J connectivity index is 0.000000637. The van der Waals surface area contributed by atoms with Gasteiger partial charge in [-0.3, -0.25) is 0 Å². The van der Waals surface area contributed by atoms with E-state index in [0.717, 1.165) is 16.5 Å². The van der Waals surface area contributed by atoms with Crippen LogP contribution in [-0.4, -0.2) is 19.8 Å². The van der Waals surface area contributed by atoms with Crippen LogP contribution in [0.15, 0.2) is 52.4 Å². The van der Waals surface area contributed by atoms with Gasteiger partial charge in [0.15, 0.2) is 11.5 Å². The molecule has 0 amide bonds. The van der Waals surface area contributed by atoms with E-state index >= 15 is 0 Å². The van der Waals surface area contributed by atoms with Crippen LogP contribution in [0.5, 0.6) is 0 Å². The standard InChI is InChI=1S/C12H10N4S.C2H6/c1-9-13-14-11-7-8-12(15-16(9)11)17-10-5-3-2-4-6-10;1-2/h2-8H,1H3;1-2H3. The molecule has 3 rings (SSSR count). The van der Waals surface area contributed by atoms with Crippen LogP contribution in [-0.2, 0) is 0 Å². The zero-order valence-corrected chi connectivity index (χ0v) is 12.1. The average molecular weight is 272 g/mol. The third kappa shape index (κ3) is 3.12. The number of aromatic nitrogens is 4. The Labute approximate surface area is 116 Å². The summed E-state index contributed by atoms with van der Waals surface area (Å²) < 4.78 is 1.76. The van der Waals surface area contributed by atoms with E-state index in [-0.39, 0.29) is 0 Å². The Morgan fingerprint density at radius 3 is 2.42 bits per heavy atom. The lowest BCUT2D eigenvalue weighted by molar-refractivity contribution is 0.818. The molecule has 19 heavy (non-hydrogen) atoms. The van der Waals surface area contributed by atoms with E-state index in [1.165, 1.54) is 4.90 Å². The number of aryl methyl sites for hydroxylation is 1. The number of rotatable bonds is 2. The maximum atomic E-state index is 4.48. The van der Waals surface area contributed by atoms with E-state index in [1.807, 2.05) is 51.1 Å². The molecule has 98 valence electrons. The van der Waals surface area contributed by atoms with Crippen molar-refractivity contribution in [3.8, 4) is 0 Å². The van der Waals surface area contributed by atoms with Crippen molar-refractivity contribution in [2.45, 2.75) is 30.7 Å². The SMILES string of the molecule is CC.Cc1nnc2ccc(Sc3ccccc3)nn12. The monoisotopic (exact) mass is 272 g/mol. The lowest BCUT2D eigenvalue weighted by Crippen LogP contribution is -1.95. The first kappa shape index (κ1) is 13.5. The maximum Gasteiger partial charge on any atom is 0.177 e. The van der Waals surface area contributed by atoms with Gasteiger partial charge < -0.3 is 0 Å². The van der Waals surface area contributed by atoms with Gasteiger partial charge in [-0.2, -0.15) is 9.61 Å². The van der Waals surface area contributed by atoms with E-state index in [1.54, 1.807) is 16.3 Å². The summed E-state index contributed by atoms with van der Waals surface area (Å²) in [6, 6.07) is 14.1. The Bertz CT molecular complexity index is 649. The second kappa shape index (κ2) is 6.33. The minimum atomic E-state index is 0.778. The second-order valence-electron chi connectivity index (χ2n) is 3.60. The molecule has 0 bridgehead atoms. The molecule has 0 N–H and O–H groups in total. The van der Waals surface area contributed by atoms with Crippen LogP contribution >= 0.6 is 11.8 Å².